The molecule has 6 heteroatoms. The summed E-state index contributed by atoms with van der Waals surface area (Å²) in [5.41, 5.74) is 1.63. The first kappa shape index (κ1) is 13.9. The van der Waals surface area contributed by atoms with Crippen LogP contribution in [0.15, 0.2) is 18.2 Å². The van der Waals surface area contributed by atoms with Gasteiger partial charge in [0.1, 0.15) is 12.0 Å². The standard InChI is InChI=1S/C13H17NO4S/c1-18-11-5-6-13-12(8-11)10(4-3-7-15)9-14(13)19(2,16)17/h5-8,10H,3-4,9H2,1-2H3. The Kier molecular flexibility index (Phi) is 3.80. The number of rotatable bonds is 5. The number of fused-ring (bicyclic) bond motifs is 1. The maximum atomic E-state index is 11.8. The molecule has 0 spiro atoms. The van der Waals surface area contributed by atoms with Gasteiger partial charge in [0.05, 0.1) is 19.1 Å². The van der Waals surface area contributed by atoms with Gasteiger partial charge in [0.25, 0.3) is 0 Å². The molecule has 1 aliphatic rings. The number of carbonyl (C=O) groups excluding carboxylic acids is 1. The molecule has 0 aromatic heterocycles. The number of ether oxygens (including phenoxy) is 1. The highest BCUT2D eigenvalue weighted by Gasteiger charge is 2.33. The van der Waals surface area contributed by atoms with Gasteiger partial charge in [0.15, 0.2) is 0 Å². The Morgan fingerprint density at radius 2 is 2.21 bits per heavy atom. The van der Waals surface area contributed by atoms with E-state index in [2.05, 4.69) is 0 Å². The van der Waals surface area contributed by atoms with E-state index in [0.717, 1.165) is 11.8 Å². The fourth-order valence-corrected chi connectivity index (χ4v) is 3.41. The monoisotopic (exact) mass is 283 g/mol. The van der Waals surface area contributed by atoms with Crippen molar-refractivity contribution >= 4 is 22.0 Å². The first-order valence-corrected chi connectivity index (χ1v) is 7.91. The third kappa shape index (κ3) is 2.73. The lowest BCUT2D eigenvalue weighted by Crippen LogP contribution is -2.28. The predicted octanol–water partition coefficient (Wildman–Crippen LogP) is 1.54. The van der Waals surface area contributed by atoms with E-state index < -0.39 is 10.0 Å². The van der Waals surface area contributed by atoms with Crippen molar-refractivity contribution in [1.29, 1.82) is 0 Å². The van der Waals surface area contributed by atoms with Crippen LogP contribution < -0.4 is 9.04 Å². The quantitative estimate of drug-likeness (QED) is 0.769. The zero-order valence-corrected chi connectivity index (χ0v) is 11.8. The Labute approximate surface area is 113 Å². The molecule has 5 nitrogen and oxygen atoms in total. The third-order valence-corrected chi connectivity index (χ3v) is 4.51. The molecule has 0 saturated carbocycles. The van der Waals surface area contributed by atoms with Crippen LogP contribution in [0.5, 0.6) is 5.75 Å². The molecule has 1 aromatic rings. The van der Waals surface area contributed by atoms with Crippen LogP contribution >= 0.6 is 0 Å². The summed E-state index contributed by atoms with van der Waals surface area (Å²) in [5, 5.41) is 0. The van der Waals surface area contributed by atoms with Crippen molar-refractivity contribution < 1.29 is 17.9 Å². The third-order valence-electron chi connectivity index (χ3n) is 3.36. The predicted molar refractivity (Wildman–Crippen MR) is 73.2 cm³/mol. The van der Waals surface area contributed by atoms with Crippen LogP contribution in [0.2, 0.25) is 0 Å². The number of hydrogen-bond donors (Lipinski definition) is 0. The number of carbonyl (C=O) groups is 1. The minimum absolute atomic E-state index is 0.0463. The number of methoxy groups -OCH3 is 1. The maximum absolute atomic E-state index is 11.8. The molecule has 1 unspecified atom stereocenters. The van der Waals surface area contributed by atoms with E-state index in [0.29, 0.717) is 30.8 Å². The van der Waals surface area contributed by atoms with Crippen molar-refractivity contribution in [3.8, 4) is 5.75 Å². The van der Waals surface area contributed by atoms with Gasteiger partial charge in [-0.05, 0) is 30.2 Å². The second-order valence-electron chi connectivity index (χ2n) is 4.66. The zero-order chi connectivity index (χ0) is 14.0. The van der Waals surface area contributed by atoms with Crippen LogP contribution in [0.4, 0.5) is 5.69 Å². The topological polar surface area (TPSA) is 63.7 Å². The molecule has 0 saturated heterocycles. The van der Waals surface area contributed by atoms with Crippen molar-refractivity contribution in [2.75, 3.05) is 24.2 Å². The lowest BCUT2D eigenvalue weighted by atomic mass is 9.96. The fourth-order valence-electron chi connectivity index (χ4n) is 2.44. The van der Waals surface area contributed by atoms with E-state index in [1.165, 1.54) is 10.6 Å². The van der Waals surface area contributed by atoms with Crippen molar-refractivity contribution in [1.82, 2.24) is 0 Å². The molecule has 1 aromatic carbocycles. The molecule has 0 N–H and O–H groups in total. The van der Waals surface area contributed by atoms with E-state index in [9.17, 15) is 13.2 Å². The van der Waals surface area contributed by atoms with Gasteiger partial charge in [-0.2, -0.15) is 0 Å². The normalized spacial score (nSPS) is 18.2. The first-order valence-electron chi connectivity index (χ1n) is 6.06. The highest BCUT2D eigenvalue weighted by Crippen LogP contribution is 2.41. The molecule has 0 aliphatic carbocycles. The van der Waals surface area contributed by atoms with Gasteiger partial charge in [-0.1, -0.05) is 0 Å². The highest BCUT2D eigenvalue weighted by atomic mass is 32.2. The van der Waals surface area contributed by atoms with Crippen molar-refractivity contribution in [2.45, 2.75) is 18.8 Å². The number of aldehydes is 1. The fraction of sp³-hybridized carbons (Fsp3) is 0.462. The molecule has 1 heterocycles. The summed E-state index contributed by atoms with van der Waals surface area (Å²) in [4.78, 5) is 10.5. The molecule has 104 valence electrons. The molecule has 2 rings (SSSR count). The van der Waals surface area contributed by atoms with Gasteiger partial charge in [0.2, 0.25) is 10.0 Å². The Hall–Kier alpha value is -1.56. The lowest BCUT2D eigenvalue weighted by molar-refractivity contribution is -0.108. The minimum atomic E-state index is -3.29. The number of sulfonamides is 1. The molecule has 1 atom stereocenters. The molecular formula is C13H17NO4S. The van der Waals surface area contributed by atoms with Crippen molar-refractivity contribution in [2.24, 2.45) is 0 Å². The summed E-state index contributed by atoms with van der Waals surface area (Å²) >= 11 is 0. The summed E-state index contributed by atoms with van der Waals surface area (Å²) in [6.07, 6.45) is 3.14. The van der Waals surface area contributed by atoms with E-state index in [1.54, 1.807) is 19.2 Å². The van der Waals surface area contributed by atoms with Gasteiger partial charge in [-0.3, -0.25) is 4.31 Å². The molecule has 19 heavy (non-hydrogen) atoms. The zero-order valence-electron chi connectivity index (χ0n) is 11.0. The van der Waals surface area contributed by atoms with Crippen LogP contribution in [0.1, 0.15) is 24.3 Å². The van der Waals surface area contributed by atoms with Crippen LogP contribution in [0.3, 0.4) is 0 Å². The summed E-state index contributed by atoms with van der Waals surface area (Å²) in [6, 6.07) is 5.37. The summed E-state index contributed by atoms with van der Waals surface area (Å²) in [5.74, 6) is 0.746. The number of nitrogens with zero attached hydrogens (tertiary/aromatic N) is 1. The highest BCUT2D eigenvalue weighted by molar-refractivity contribution is 7.92. The summed E-state index contributed by atoms with van der Waals surface area (Å²) in [7, 11) is -1.71. The van der Waals surface area contributed by atoms with Gasteiger partial charge >= 0.3 is 0 Å². The molecule has 1 aliphatic heterocycles. The van der Waals surface area contributed by atoms with Crippen molar-refractivity contribution in [3.05, 3.63) is 23.8 Å². The van der Waals surface area contributed by atoms with E-state index in [1.807, 2.05) is 6.07 Å². The van der Waals surface area contributed by atoms with Gasteiger partial charge in [0, 0.05) is 18.9 Å². The molecule has 0 amide bonds. The van der Waals surface area contributed by atoms with Crippen molar-refractivity contribution in [3.63, 3.8) is 0 Å². The molecule has 0 radical (unpaired) electrons. The Morgan fingerprint density at radius 1 is 1.47 bits per heavy atom. The van der Waals surface area contributed by atoms with Gasteiger partial charge in [-0.15, -0.1) is 0 Å². The van der Waals surface area contributed by atoms with E-state index in [-0.39, 0.29) is 5.92 Å². The number of anilines is 1. The van der Waals surface area contributed by atoms with Crippen LogP contribution in [-0.2, 0) is 14.8 Å². The van der Waals surface area contributed by atoms with Crippen LogP contribution in [0, 0.1) is 0 Å². The maximum Gasteiger partial charge on any atom is 0.232 e. The lowest BCUT2D eigenvalue weighted by Gasteiger charge is -2.16. The van der Waals surface area contributed by atoms with Gasteiger partial charge < -0.3 is 9.53 Å². The second kappa shape index (κ2) is 5.21. The smallest absolute Gasteiger partial charge is 0.232 e. The second-order valence-corrected chi connectivity index (χ2v) is 6.57. The molecular weight excluding hydrogens is 266 g/mol. The minimum Gasteiger partial charge on any atom is -0.497 e. The Morgan fingerprint density at radius 3 is 2.79 bits per heavy atom. The van der Waals surface area contributed by atoms with Crippen LogP contribution in [-0.4, -0.2) is 34.6 Å². The molecule has 0 fully saturated rings. The number of hydrogen-bond acceptors (Lipinski definition) is 4. The van der Waals surface area contributed by atoms with E-state index in [4.69, 9.17) is 4.74 Å². The van der Waals surface area contributed by atoms with Crippen LogP contribution in [0.25, 0.3) is 0 Å². The summed E-state index contributed by atoms with van der Waals surface area (Å²) < 4.78 is 30.2. The SMILES string of the molecule is COc1ccc2c(c1)C(CCC=O)CN2S(C)(=O)=O. The average molecular weight is 283 g/mol. The Balaban J connectivity index is 2.42. The number of benzene rings is 1. The summed E-state index contributed by atoms with van der Waals surface area (Å²) in [6.45, 7) is 0.398. The molecule has 0 bridgehead atoms. The largest absolute Gasteiger partial charge is 0.497 e. The first-order chi connectivity index (χ1) is 8.97. The Bertz CT molecular complexity index is 582. The average Bonchev–Trinajstić information content (AvgIpc) is 2.74. The van der Waals surface area contributed by atoms with Gasteiger partial charge in [-0.25, -0.2) is 8.42 Å². The van der Waals surface area contributed by atoms with E-state index >= 15 is 0 Å².